The lowest BCUT2D eigenvalue weighted by Gasteiger charge is -2.10. The Balaban J connectivity index is 1.74. The summed E-state index contributed by atoms with van der Waals surface area (Å²) in [4.78, 5) is 16.2. The number of hydrogen-bond donors (Lipinski definition) is 1. The number of hydrogen-bond acceptors (Lipinski definition) is 4. The van der Waals surface area contributed by atoms with Gasteiger partial charge in [0.15, 0.2) is 5.76 Å². The van der Waals surface area contributed by atoms with E-state index in [2.05, 4.69) is 31.4 Å². The summed E-state index contributed by atoms with van der Waals surface area (Å²) in [6.07, 6.45) is 1.69. The van der Waals surface area contributed by atoms with E-state index in [1.165, 1.54) is 0 Å². The first-order chi connectivity index (χ1) is 11.1. The van der Waals surface area contributed by atoms with Gasteiger partial charge < -0.3 is 9.84 Å². The molecular weight excluding hydrogens is 358 g/mol. The van der Waals surface area contributed by atoms with Crippen LogP contribution in [0.5, 0.6) is 0 Å². The van der Waals surface area contributed by atoms with Gasteiger partial charge >= 0.3 is 0 Å². The van der Waals surface area contributed by atoms with Crippen LogP contribution in [-0.2, 0) is 0 Å². The maximum absolute atomic E-state index is 12.2. The second-order valence-electron chi connectivity index (χ2n) is 5.04. The van der Waals surface area contributed by atoms with Crippen LogP contribution in [0.15, 0.2) is 63.9 Å². The Bertz CT molecular complexity index is 817. The van der Waals surface area contributed by atoms with E-state index < -0.39 is 0 Å². The molecule has 0 radical (unpaired) electrons. The second-order valence-corrected chi connectivity index (χ2v) is 5.86. The molecule has 5 nitrogen and oxygen atoms in total. The van der Waals surface area contributed by atoms with Gasteiger partial charge in [-0.1, -0.05) is 23.4 Å². The van der Waals surface area contributed by atoms with Crippen molar-refractivity contribution in [2.24, 2.45) is 0 Å². The lowest BCUT2D eigenvalue weighted by molar-refractivity contribution is 0.0934. The second kappa shape index (κ2) is 6.75. The number of pyridine rings is 1. The fraction of sp³-hybridized carbons (Fsp3) is 0.118. The highest BCUT2D eigenvalue weighted by Gasteiger charge is 2.16. The summed E-state index contributed by atoms with van der Waals surface area (Å²) in [6, 6.07) is 14.3. The number of amides is 1. The average molecular weight is 372 g/mol. The predicted molar refractivity (Wildman–Crippen MR) is 89.8 cm³/mol. The molecule has 1 unspecified atom stereocenters. The van der Waals surface area contributed by atoms with Gasteiger partial charge in [-0.05, 0) is 47.1 Å². The number of nitrogens with one attached hydrogen (secondary N) is 1. The zero-order chi connectivity index (χ0) is 16.2. The Labute approximate surface area is 141 Å². The van der Waals surface area contributed by atoms with Crippen LogP contribution in [0.2, 0.25) is 0 Å². The van der Waals surface area contributed by atoms with Gasteiger partial charge in [-0.25, -0.2) is 4.98 Å². The van der Waals surface area contributed by atoms with Crippen molar-refractivity contribution in [2.75, 3.05) is 0 Å². The molecule has 0 spiro atoms. The third kappa shape index (κ3) is 3.65. The number of nitrogens with zero attached hydrogens (tertiary/aromatic N) is 2. The molecule has 1 amide bonds. The van der Waals surface area contributed by atoms with Crippen molar-refractivity contribution in [1.29, 1.82) is 0 Å². The van der Waals surface area contributed by atoms with Crippen LogP contribution in [0.3, 0.4) is 0 Å². The number of aromatic nitrogens is 2. The summed E-state index contributed by atoms with van der Waals surface area (Å²) >= 11 is 3.33. The largest absolute Gasteiger partial charge is 0.359 e. The summed E-state index contributed by atoms with van der Waals surface area (Å²) in [7, 11) is 0. The number of halogens is 1. The molecule has 23 heavy (non-hydrogen) atoms. The first kappa shape index (κ1) is 15.4. The first-order valence-electron chi connectivity index (χ1n) is 7.08. The number of benzene rings is 1. The minimum Gasteiger partial charge on any atom is -0.359 e. The van der Waals surface area contributed by atoms with Crippen LogP contribution in [-0.4, -0.2) is 16.0 Å². The Kier molecular flexibility index (Phi) is 4.52. The minimum atomic E-state index is -0.283. The molecule has 3 aromatic rings. The van der Waals surface area contributed by atoms with Crippen molar-refractivity contribution in [3.8, 4) is 11.3 Å². The van der Waals surface area contributed by atoms with Gasteiger partial charge in [0.2, 0.25) is 0 Å². The normalized spacial score (nSPS) is 11.9. The zero-order valence-corrected chi connectivity index (χ0v) is 13.9. The number of carbonyl (C=O) groups is 1. The van der Waals surface area contributed by atoms with Crippen LogP contribution in [0.4, 0.5) is 0 Å². The number of rotatable bonds is 4. The van der Waals surface area contributed by atoms with Crippen molar-refractivity contribution in [1.82, 2.24) is 15.5 Å². The fourth-order valence-corrected chi connectivity index (χ4v) is 2.50. The van der Waals surface area contributed by atoms with Crippen LogP contribution >= 0.6 is 15.9 Å². The Morgan fingerprint density at radius 3 is 2.74 bits per heavy atom. The highest BCUT2D eigenvalue weighted by molar-refractivity contribution is 9.10. The van der Waals surface area contributed by atoms with Gasteiger partial charge in [-0.3, -0.25) is 4.79 Å². The molecule has 1 aromatic carbocycles. The summed E-state index contributed by atoms with van der Waals surface area (Å²) < 4.78 is 6.08. The lowest BCUT2D eigenvalue weighted by atomic mass is 10.1. The predicted octanol–water partition coefficient (Wildman–Crippen LogP) is 3.99. The molecule has 0 saturated carbocycles. The van der Waals surface area contributed by atoms with Crippen LogP contribution < -0.4 is 5.32 Å². The molecule has 0 aliphatic carbocycles. The molecular formula is C17H14BrN3O2. The Morgan fingerprint density at radius 1 is 1.22 bits per heavy atom. The minimum absolute atomic E-state index is 0.150. The Morgan fingerprint density at radius 2 is 2.00 bits per heavy atom. The topological polar surface area (TPSA) is 68.0 Å². The van der Waals surface area contributed by atoms with Crippen molar-refractivity contribution >= 4 is 21.8 Å². The third-order valence-electron chi connectivity index (χ3n) is 3.36. The van der Waals surface area contributed by atoms with Gasteiger partial charge in [-0.15, -0.1) is 0 Å². The first-order valence-corrected chi connectivity index (χ1v) is 7.87. The molecule has 2 aromatic heterocycles. The van der Waals surface area contributed by atoms with E-state index >= 15 is 0 Å². The van der Waals surface area contributed by atoms with Crippen molar-refractivity contribution in [2.45, 2.75) is 13.0 Å². The van der Waals surface area contributed by atoms with Gasteiger partial charge in [0, 0.05) is 23.4 Å². The molecule has 2 heterocycles. The van der Waals surface area contributed by atoms with Gasteiger partial charge in [0.25, 0.3) is 5.91 Å². The van der Waals surface area contributed by atoms with E-state index in [-0.39, 0.29) is 11.9 Å². The lowest BCUT2D eigenvalue weighted by Crippen LogP contribution is -2.26. The molecule has 0 fully saturated rings. The van der Waals surface area contributed by atoms with E-state index in [0.717, 1.165) is 10.2 Å². The van der Waals surface area contributed by atoms with Crippen molar-refractivity contribution < 1.29 is 9.32 Å². The third-order valence-corrected chi connectivity index (χ3v) is 3.79. The summed E-state index contributed by atoms with van der Waals surface area (Å²) in [5.74, 6) is 0.444. The molecule has 0 aliphatic rings. The van der Waals surface area contributed by atoms with Gasteiger partial charge in [0.05, 0.1) is 6.04 Å². The van der Waals surface area contributed by atoms with E-state index in [0.29, 0.717) is 17.0 Å². The maximum Gasteiger partial charge on any atom is 0.251 e. The van der Waals surface area contributed by atoms with Crippen molar-refractivity contribution in [3.05, 3.63) is 70.7 Å². The smallest absolute Gasteiger partial charge is 0.251 e. The number of carbonyl (C=O) groups excluding carboxylic acids is 1. The monoisotopic (exact) mass is 371 g/mol. The standard InChI is InChI=1S/C17H14BrN3O2/c1-11(20-17(22)12-5-3-2-4-6-12)15-10-14(21-23-15)13-7-8-19-16(18)9-13/h2-11H,1H3,(H,20,22). The molecule has 0 aliphatic heterocycles. The molecule has 0 saturated heterocycles. The molecule has 1 N–H and O–H groups in total. The van der Waals surface area contributed by atoms with E-state index in [1.807, 2.05) is 43.3 Å². The average Bonchev–Trinajstić information content (AvgIpc) is 3.06. The maximum atomic E-state index is 12.2. The van der Waals surface area contributed by atoms with E-state index in [1.54, 1.807) is 18.3 Å². The Hall–Kier alpha value is -2.47. The quantitative estimate of drug-likeness (QED) is 0.704. The zero-order valence-electron chi connectivity index (χ0n) is 12.4. The molecule has 3 rings (SSSR count). The fourth-order valence-electron chi connectivity index (χ4n) is 2.13. The van der Waals surface area contributed by atoms with Gasteiger partial charge in [-0.2, -0.15) is 0 Å². The van der Waals surface area contributed by atoms with Crippen LogP contribution in [0.1, 0.15) is 29.1 Å². The summed E-state index contributed by atoms with van der Waals surface area (Å²) in [5, 5.41) is 6.95. The van der Waals surface area contributed by atoms with Crippen molar-refractivity contribution in [3.63, 3.8) is 0 Å². The van der Waals surface area contributed by atoms with Crippen LogP contribution in [0, 0.1) is 0 Å². The highest BCUT2D eigenvalue weighted by Crippen LogP contribution is 2.24. The van der Waals surface area contributed by atoms with E-state index in [4.69, 9.17) is 4.52 Å². The van der Waals surface area contributed by atoms with Gasteiger partial charge in [0.1, 0.15) is 10.3 Å². The SMILES string of the molecule is CC(NC(=O)c1ccccc1)c1cc(-c2ccnc(Br)c2)no1. The summed E-state index contributed by atoms with van der Waals surface area (Å²) in [5.41, 5.74) is 2.20. The van der Waals surface area contributed by atoms with E-state index in [9.17, 15) is 4.79 Å². The van der Waals surface area contributed by atoms with Crippen LogP contribution in [0.25, 0.3) is 11.3 Å². The molecule has 116 valence electrons. The highest BCUT2D eigenvalue weighted by atomic mass is 79.9. The molecule has 1 atom stereocenters. The molecule has 6 heteroatoms. The summed E-state index contributed by atoms with van der Waals surface area (Å²) in [6.45, 7) is 1.85. The molecule has 0 bridgehead atoms.